The Hall–Kier alpha value is -0.210. The first-order chi connectivity index (χ1) is 9.63. The number of rotatable bonds is 6. The lowest BCUT2D eigenvalue weighted by Gasteiger charge is -2.34. The summed E-state index contributed by atoms with van der Waals surface area (Å²) in [4.78, 5) is 2.34. The molecule has 2 saturated heterocycles. The molecule has 3 N–H and O–H groups in total. The van der Waals surface area contributed by atoms with Crippen molar-refractivity contribution in [2.45, 2.75) is 44.6 Å². The Kier molecular flexibility index (Phi) is 6.22. The molecule has 2 aliphatic rings. The van der Waals surface area contributed by atoms with Gasteiger partial charge in [-0.15, -0.1) is 0 Å². The fraction of sp³-hybridized carbons (Fsp3) is 1.00. The lowest BCUT2D eigenvalue weighted by atomic mass is 10.1. The van der Waals surface area contributed by atoms with Crippen molar-refractivity contribution in [3.63, 3.8) is 0 Å². The molecule has 2 fully saturated rings. The summed E-state index contributed by atoms with van der Waals surface area (Å²) in [5.41, 5.74) is 5.69. The topological polar surface area (TPSA) is 78.7 Å². The summed E-state index contributed by atoms with van der Waals surface area (Å²) >= 11 is 0. The number of hydrogen-bond acceptors (Lipinski definition) is 4. The largest absolute Gasteiger partial charge is 0.329 e. The van der Waals surface area contributed by atoms with Crippen molar-refractivity contribution in [3.8, 4) is 0 Å². The van der Waals surface area contributed by atoms with Crippen LogP contribution in [0.25, 0.3) is 0 Å². The van der Waals surface area contributed by atoms with Crippen LogP contribution in [0.5, 0.6) is 0 Å². The SMILES string of the molecule is NCC1CCCCN1S(=O)(=O)NCCN1CCCCC1. The zero-order chi connectivity index (χ0) is 14.4. The first kappa shape index (κ1) is 16.2. The molecular weight excluding hydrogens is 276 g/mol. The van der Waals surface area contributed by atoms with Gasteiger partial charge in [0.2, 0.25) is 0 Å². The molecule has 2 heterocycles. The summed E-state index contributed by atoms with van der Waals surface area (Å²) in [6.07, 6.45) is 6.64. The number of nitrogens with zero attached hydrogens (tertiary/aromatic N) is 2. The molecule has 2 rings (SSSR count). The van der Waals surface area contributed by atoms with Crippen LogP contribution in [-0.2, 0) is 10.2 Å². The molecule has 0 radical (unpaired) electrons. The third kappa shape index (κ3) is 4.39. The average molecular weight is 304 g/mol. The average Bonchev–Trinajstić information content (AvgIpc) is 2.48. The van der Waals surface area contributed by atoms with Crippen LogP contribution in [0.4, 0.5) is 0 Å². The highest BCUT2D eigenvalue weighted by atomic mass is 32.2. The number of likely N-dealkylation sites (tertiary alicyclic amines) is 1. The molecule has 1 atom stereocenters. The molecule has 0 amide bonds. The smallest absolute Gasteiger partial charge is 0.279 e. The third-order valence-corrected chi connectivity index (χ3v) is 5.98. The number of piperidine rings is 2. The van der Waals surface area contributed by atoms with E-state index in [1.165, 1.54) is 19.3 Å². The Morgan fingerprint density at radius 2 is 1.75 bits per heavy atom. The number of hydrogen-bond donors (Lipinski definition) is 2. The lowest BCUT2D eigenvalue weighted by Crippen LogP contribution is -2.52. The van der Waals surface area contributed by atoms with Gasteiger partial charge in [-0.25, -0.2) is 4.72 Å². The second-order valence-corrected chi connectivity index (χ2v) is 7.51. The van der Waals surface area contributed by atoms with E-state index in [-0.39, 0.29) is 6.04 Å². The second-order valence-electron chi connectivity index (χ2n) is 5.80. The van der Waals surface area contributed by atoms with Crippen LogP contribution in [0, 0.1) is 0 Å². The molecule has 0 aromatic rings. The van der Waals surface area contributed by atoms with Gasteiger partial charge < -0.3 is 10.6 Å². The minimum atomic E-state index is -3.37. The van der Waals surface area contributed by atoms with Crippen molar-refractivity contribution in [1.82, 2.24) is 13.9 Å². The van der Waals surface area contributed by atoms with E-state index >= 15 is 0 Å². The Labute approximate surface area is 122 Å². The van der Waals surface area contributed by atoms with Gasteiger partial charge in [0, 0.05) is 32.2 Å². The van der Waals surface area contributed by atoms with Crippen molar-refractivity contribution < 1.29 is 8.42 Å². The lowest BCUT2D eigenvalue weighted by molar-refractivity contribution is 0.229. The minimum absolute atomic E-state index is 0.0313. The molecule has 0 saturated carbocycles. The summed E-state index contributed by atoms with van der Waals surface area (Å²) < 4.78 is 29.0. The van der Waals surface area contributed by atoms with E-state index in [1.807, 2.05) is 0 Å². The predicted octanol–water partition coefficient (Wildman–Crippen LogP) is 0.120. The van der Waals surface area contributed by atoms with Crippen LogP contribution in [0.1, 0.15) is 38.5 Å². The quantitative estimate of drug-likeness (QED) is 0.730. The Morgan fingerprint density at radius 1 is 1.05 bits per heavy atom. The van der Waals surface area contributed by atoms with Gasteiger partial charge in [0.1, 0.15) is 0 Å². The molecule has 2 aliphatic heterocycles. The highest BCUT2D eigenvalue weighted by Crippen LogP contribution is 2.18. The Morgan fingerprint density at radius 3 is 2.45 bits per heavy atom. The molecular formula is C13H28N4O2S. The molecule has 0 aromatic carbocycles. The molecule has 0 aromatic heterocycles. The summed E-state index contributed by atoms with van der Waals surface area (Å²) in [5, 5.41) is 0. The predicted molar refractivity (Wildman–Crippen MR) is 80.6 cm³/mol. The van der Waals surface area contributed by atoms with Gasteiger partial charge in [-0.1, -0.05) is 12.8 Å². The van der Waals surface area contributed by atoms with E-state index in [0.717, 1.165) is 38.9 Å². The van der Waals surface area contributed by atoms with Crippen molar-refractivity contribution >= 4 is 10.2 Å². The van der Waals surface area contributed by atoms with Gasteiger partial charge in [0.05, 0.1) is 0 Å². The maximum Gasteiger partial charge on any atom is 0.279 e. The summed E-state index contributed by atoms with van der Waals surface area (Å²) in [7, 11) is -3.37. The van der Waals surface area contributed by atoms with Gasteiger partial charge in [0.25, 0.3) is 10.2 Å². The van der Waals surface area contributed by atoms with Gasteiger partial charge in [0.15, 0.2) is 0 Å². The van der Waals surface area contributed by atoms with Gasteiger partial charge in [-0.3, -0.25) is 0 Å². The van der Waals surface area contributed by atoms with Crippen molar-refractivity contribution in [1.29, 1.82) is 0 Å². The first-order valence-corrected chi connectivity index (χ1v) is 9.26. The van der Waals surface area contributed by atoms with Crippen LogP contribution in [0.2, 0.25) is 0 Å². The van der Waals surface area contributed by atoms with Crippen LogP contribution in [0.3, 0.4) is 0 Å². The maximum absolute atomic E-state index is 12.3. The number of nitrogens with one attached hydrogen (secondary N) is 1. The zero-order valence-electron chi connectivity index (χ0n) is 12.3. The zero-order valence-corrected chi connectivity index (χ0v) is 13.1. The van der Waals surface area contributed by atoms with Crippen molar-refractivity contribution in [3.05, 3.63) is 0 Å². The normalized spacial score (nSPS) is 26.8. The highest BCUT2D eigenvalue weighted by Gasteiger charge is 2.31. The summed E-state index contributed by atoms with van der Waals surface area (Å²) in [6, 6.07) is -0.0313. The van der Waals surface area contributed by atoms with E-state index in [2.05, 4.69) is 9.62 Å². The van der Waals surface area contributed by atoms with Crippen LogP contribution < -0.4 is 10.5 Å². The first-order valence-electron chi connectivity index (χ1n) is 7.82. The van der Waals surface area contributed by atoms with E-state index < -0.39 is 10.2 Å². The molecule has 6 nitrogen and oxygen atoms in total. The fourth-order valence-electron chi connectivity index (χ4n) is 3.12. The standard InChI is InChI=1S/C13H28N4O2S/c14-12-13-6-2-5-10-17(13)20(18,19)15-7-11-16-8-3-1-4-9-16/h13,15H,1-12,14H2. The Bertz CT molecular complexity index is 382. The van der Waals surface area contributed by atoms with E-state index in [4.69, 9.17) is 5.73 Å². The van der Waals surface area contributed by atoms with Gasteiger partial charge >= 0.3 is 0 Å². The van der Waals surface area contributed by atoms with Gasteiger partial charge in [-0.2, -0.15) is 12.7 Å². The molecule has 118 valence electrons. The molecule has 0 aliphatic carbocycles. The molecule has 1 unspecified atom stereocenters. The third-order valence-electron chi connectivity index (χ3n) is 4.32. The van der Waals surface area contributed by atoms with Crippen LogP contribution in [-0.4, -0.2) is 62.9 Å². The summed E-state index contributed by atoms with van der Waals surface area (Å²) in [5.74, 6) is 0. The highest BCUT2D eigenvalue weighted by molar-refractivity contribution is 7.87. The van der Waals surface area contributed by atoms with Crippen molar-refractivity contribution in [2.75, 3.05) is 39.3 Å². The number of nitrogens with two attached hydrogens (primary N) is 1. The van der Waals surface area contributed by atoms with E-state index in [1.54, 1.807) is 4.31 Å². The Balaban J connectivity index is 1.80. The monoisotopic (exact) mass is 304 g/mol. The second kappa shape index (κ2) is 7.70. The summed E-state index contributed by atoms with van der Waals surface area (Å²) in [6.45, 7) is 4.50. The van der Waals surface area contributed by atoms with Crippen molar-refractivity contribution in [2.24, 2.45) is 5.73 Å². The van der Waals surface area contributed by atoms with Crippen LogP contribution in [0.15, 0.2) is 0 Å². The minimum Gasteiger partial charge on any atom is -0.329 e. The fourth-order valence-corrected chi connectivity index (χ4v) is 4.59. The van der Waals surface area contributed by atoms with Gasteiger partial charge in [-0.05, 0) is 38.8 Å². The van der Waals surface area contributed by atoms with E-state index in [0.29, 0.717) is 19.6 Å². The molecule has 0 spiro atoms. The molecule has 0 bridgehead atoms. The van der Waals surface area contributed by atoms with Crippen LogP contribution >= 0.6 is 0 Å². The molecule has 20 heavy (non-hydrogen) atoms. The van der Waals surface area contributed by atoms with E-state index in [9.17, 15) is 8.42 Å². The molecule has 7 heteroatoms. The maximum atomic E-state index is 12.3.